The van der Waals surface area contributed by atoms with Gasteiger partial charge in [0.25, 0.3) is 5.91 Å². The number of rotatable bonds is 1. The number of nitrogens with zero attached hydrogens (tertiary/aromatic N) is 2. The number of aromatic nitrogens is 2. The lowest BCUT2D eigenvalue weighted by Crippen LogP contribution is -2.35. The number of carbonyl (C=O) groups is 1. The minimum Gasteiger partial charge on any atom is -0.349 e. The maximum absolute atomic E-state index is 14.1. The fourth-order valence-corrected chi connectivity index (χ4v) is 3.29. The van der Waals surface area contributed by atoms with Gasteiger partial charge in [-0.05, 0) is 36.2 Å². The minimum atomic E-state index is -0.625. The number of carbonyl (C=O) groups excluding carboxylic acids is 1. The first-order valence-corrected chi connectivity index (χ1v) is 7.28. The number of benzene rings is 1. The number of amides is 1. The number of hydrogen-bond acceptors (Lipinski definition) is 2. The van der Waals surface area contributed by atoms with E-state index in [9.17, 15) is 13.6 Å². The van der Waals surface area contributed by atoms with E-state index in [1.165, 1.54) is 24.4 Å². The molecule has 1 aliphatic heterocycles. The van der Waals surface area contributed by atoms with Gasteiger partial charge in [-0.25, -0.2) is 9.37 Å². The van der Waals surface area contributed by atoms with Gasteiger partial charge >= 0.3 is 0 Å². The van der Waals surface area contributed by atoms with Gasteiger partial charge in [0, 0.05) is 36.3 Å². The Kier molecular flexibility index (Phi) is 2.94. The zero-order chi connectivity index (χ0) is 16.1. The lowest BCUT2D eigenvalue weighted by molar-refractivity contribution is 0.0928. The highest BCUT2D eigenvalue weighted by Gasteiger charge is 2.25. The van der Waals surface area contributed by atoms with Crippen LogP contribution in [0.3, 0.4) is 0 Å². The van der Waals surface area contributed by atoms with E-state index in [1.54, 1.807) is 13.0 Å². The molecular formula is C17H13F2N3O. The van der Waals surface area contributed by atoms with Crippen LogP contribution in [-0.4, -0.2) is 22.0 Å². The zero-order valence-corrected chi connectivity index (χ0v) is 12.4. The fourth-order valence-electron chi connectivity index (χ4n) is 3.29. The van der Waals surface area contributed by atoms with Crippen molar-refractivity contribution in [2.45, 2.75) is 13.5 Å². The first-order chi connectivity index (χ1) is 11.1. The molecule has 4 rings (SSSR count). The average molecular weight is 313 g/mol. The summed E-state index contributed by atoms with van der Waals surface area (Å²) in [6, 6.07) is 5.70. The normalized spacial score (nSPS) is 14.0. The smallest absolute Gasteiger partial charge is 0.268 e. The van der Waals surface area contributed by atoms with Crippen LogP contribution in [-0.2, 0) is 6.54 Å². The predicted molar refractivity (Wildman–Crippen MR) is 82.2 cm³/mol. The Balaban J connectivity index is 2.13. The third kappa shape index (κ3) is 2.02. The summed E-state index contributed by atoms with van der Waals surface area (Å²) in [5.41, 5.74) is 3.11. The maximum atomic E-state index is 14.1. The van der Waals surface area contributed by atoms with Crippen LogP contribution in [0.2, 0.25) is 0 Å². The highest BCUT2D eigenvalue weighted by atomic mass is 19.1. The molecule has 2 aromatic heterocycles. The third-order valence-corrected chi connectivity index (χ3v) is 4.25. The molecule has 3 heterocycles. The number of pyridine rings is 1. The fraction of sp³-hybridized carbons (Fsp3) is 0.176. The second-order valence-corrected chi connectivity index (χ2v) is 5.60. The highest BCUT2D eigenvalue weighted by molar-refractivity contribution is 6.06. The Morgan fingerprint density at radius 3 is 2.87 bits per heavy atom. The van der Waals surface area contributed by atoms with Crippen LogP contribution in [0.5, 0.6) is 0 Å². The summed E-state index contributed by atoms with van der Waals surface area (Å²) in [6.45, 7) is 2.91. The van der Waals surface area contributed by atoms with E-state index >= 15 is 0 Å². The monoisotopic (exact) mass is 313 g/mol. The number of nitrogens with one attached hydrogen (secondary N) is 1. The SMILES string of the molecule is Cc1c2n(c3c(-c4ccnc(F)c4)cc(F)cc13)CCNC2=O. The van der Waals surface area contributed by atoms with Gasteiger partial charge in [-0.1, -0.05) is 0 Å². The van der Waals surface area contributed by atoms with Crippen molar-refractivity contribution in [2.75, 3.05) is 6.54 Å². The number of hydrogen-bond donors (Lipinski definition) is 1. The molecule has 1 aliphatic rings. The van der Waals surface area contributed by atoms with Crippen LogP contribution < -0.4 is 5.32 Å². The molecule has 23 heavy (non-hydrogen) atoms. The van der Waals surface area contributed by atoms with Gasteiger partial charge < -0.3 is 9.88 Å². The number of halogens is 2. The Morgan fingerprint density at radius 2 is 2.09 bits per heavy atom. The van der Waals surface area contributed by atoms with E-state index in [2.05, 4.69) is 10.3 Å². The maximum Gasteiger partial charge on any atom is 0.268 e. The Bertz CT molecular complexity index is 962. The van der Waals surface area contributed by atoms with Gasteiger partial charge in [-0.15, -0.1) is 0 Å². The molecule has 3 aromatic rings. The molecule has 0 aliphatic carbocycles. The van der Waals surface area contributed by atoms with E-state index in [4.69, 9.17) is 0 Å². The van der Waals surface area contributed by atoms with E-state index in [0.29, 0.717) is 35.3 Å². The first-order valence-electron chi connectivity index (χ1n) is 7.28. The standard InChI is InChI=1S/C17H13F2N3O/c1-9-12-7-11(18)8-13(10-2-3-20-14(19)6-10)16(12)22-5-4-21-17(23)15(9)22/h2-3,6-8H,4-5H2,1H3,(H,21,23). The van der Waals surface area contributed by atoms with Gasteiger partial charge in [0.15, 0.2) is 0 Å². The van der Waals surface area contributed by atoms with Crippen molar-refractivity contribution in [1.29, 1.82) is 0 Å². The molecule has 0 spiro atoms. The Hall–Kier alpha value is -2.76. The molecule has 0 atom stereocenters. The first kappa shape index (κ1) is 13.9. The van der Waals surface area contributed by atoms with Crippen molar-refractivity contribution in [1.82, 2.24) is 14.9 Å². The molecule has 0 fully saturated rings. The van der Waals surface area contributed by atoms with E-state index in [-0.39, 0.29) is 5.91 Å². The molecule has 116 valence electrons. The van der Waals surface area contributed by atoms with Crippen molar-refractivity contribution in [2.24, 2.45) is 0 Å². The molecular weight excluding hydrogens is 300 g/mol. The van der Waals surface area contributed by atoms with Crippen LogP contribution >= 0.6 is 0 Å². The van der Waals surface area contributed by atoms with Crippen molar-refractivity contribution < 1.29 is 13.6 Å². The van der Waals surface area contributed by atoms with Crippen LogP contribution in [0.25, 0.3) is 22.0 Å². The molecule has 1 N–H and O–H groups in total. The van der Waals surface area contributed by atoms with Crippen molar-refractivity contribution in [3.8, 4) is 11.1 Å². The summed E-state index contributed by atoms with van der Waals surface area (Å²) in [5.74, 6) is -1.21. The van der Waals surface area contributed by atoms with Crippen molar-refractivity contribution >= 4 is 16.8 Å². The van der Waals surface area contributed by atoms with Gasteiger partial charge in [0.05, 0.1) is 5.52 Å². The van der Waals surface area contributed by atoms with Gasteiger partial charge in [-0.3, -0.25) is 4.79 Å². The lowest BCUT2D eigenvalue weighted by atomic mass is 10.0. The summed E-state index contributed by atoms with van der Waals surface area (Å²) in [7, 11) is 0. The summed E-state index contributed by atoms with van der Waals surface area (Å²) in [4.78, 5) is 15.7. The van der Waals surface area contributed by atoms with Gasteiger partial charge in [-0.2, -0.15) is 4.39 Å². The van der Waals surface area contributed by atoms with E-state index < -0.39 is 11.8 Å². The highest BCUT2D eigenvalue weighted by Crippen LogP contribution is 2.35. The lowest BCUT2D eigenvalue weighted by Gasteiger charge is -2.18. The third-order valence-electron chi connectivity index (χ3n) is 4.25. The molecule has 0 bridgehead atoms. The van der Waals surface area contributed by atoms with Gasteiger partial charge in [0.2, 0.25) is 5.95 Å². The van der Waals surface area contributed by atoms with Crippen LogP contribution in [0, 0.1) is 18.7 Å². The topological polar surface area (TPSA) is 46.9 Å². The molecule has 0 radical (unpaired) electrons. The second-order valence-electron chi connectivity index (χ2n) is 5.60. The average Bonchev–Trinajstić information content (AvgIpc) is 2.81. The predicted octanol–water partition coefficient (Wildman–Crippen LogP) is 3.03. The van der Waals surface area contributed by atoms with Crippen LogP contribution in [0.15, 0.2) is 30.5 Å². The van der Waals surface area contributed by atoms with Crippen LogP contribution in [0.4, 0.5) is 8.78 Å². The van der Waals surface area contributed by atoms with Crippen molar-refractivity contribution in [3.63, 3.8) is 0 Å². The molecule has 6 heteroatoms. The van der Waals surface area contributed by atoms with Gasteiger partial charge in [0.1, 0.15) is 11.5 Å². The van der Waals surface area contributed by atoms with E-state index in [1.807, 2.05) is 4.57 Å². The minimum absolute atomic E-state index is 0.169. The summed E-state index contributed by atoms with van der Waals surface area (Å²) in [5, 5.41) is 3.47. The largest absolute Gasteiger partial charge is 0.349 e. The Morgan fingerprint density at radius 1 is 1.26 bits per heavy atom. The zero-order valence-electron chi connectivity index (χ0n) is 12.4. The quantitative estimate of drug-likeness (QED) is 0.702. The molecule has 1 amide bonds. The molecule has 0 saturated carbocycles. The summed E-state index contributed by atoms with van der Waals surface area (Å²) < 4.78 is 29.5. The molecule has 4 nitrogen and oxygen atoms in total. The number of fused-ring (bicyclic) bond motifs is 3. The summed E-state index contributed by atoms with van der Waals surface area (Å²) in [6.07, 6.45) is 1.35. The van der Waals surface area contributed by atoms with E-state index in [0.717, 1.165) is 11.1 Å². The second kappa shape index (κ2) is 4.87. The summed E-state index contributed by atoms with van der Waals surface area (Å²) >= 11 is 0. The Labute approximate surface area is 130 Å². The van der Waals surface area contributed by atoms with Crippen LogP contribution in [0.1, 0.15) is 16.1 Å². The van der Waals surface area contributed by atoms with Crippen molar-refractivity contribution in [3.05, 3.63) is 53.5 Å². The molecule has 0 unspecified atom stereocenters. The molecule has 1 aromatic carbocycles. The number of aryl methyl sites for hydroxylation is 1. The molecule has 0 saturated heterocycles.